The summed E-state index contributed by atoms with van der Waals surface area (Å²) in [6, 6.07) is 0. The molecule has 1 heterocycles. The fourth-order valence-electron chi connectivity index (χ4n) is 4.39. The normalized spacial score (nSPS) is 12.2. The third-order valence-corrected chi connectivity index (χ3v) is 6.61. The third kappa shape index (κ3) is 14.7. The van der Waals surface area contributed by atoms with Crippen LogP contribution in [0.5, 0.6) is 0 Å². The van der Waals surface area contributed by atoms with Gasteiger partial charge in [-0.1, -0.05) is 104 Å². The van der Waals surface area contributed by atoms with Gasteiger partial charge in [0.2, 0.25) is 0 Å². The van der Waals surface area contributed by atoms with Crippen LogP contribution in [0.15, 0.2) is 12.4 Å². The van der Waals surface area contributed by atoms with Crippen molar-refractivity contribution in [3.63, 3.8) is 0 Å². The molecule has 0 N–H and O–H groups in total. The van der Waals surface area contributed by atoms with Gasteiger partial charge in [-0.2, -0.15) is 0 Å². The number of carbonyl (C=O) groups is 1. The molecule has 0 aromatic carbocycles. The molecule has 0 radical (unpaired) electrons. The number of imidazole rings is 1. The summed E-state index contributed by atoms with van der Waals surface area (Å²) >= 11 is 0. The molecule has 0 bridgehead atoms. The smallest absolute Gasteiger partial charge is 0.308 e. The Hall–Kier alpha value is -1.32. The van der Waals surface area contributed by atoms with Crippen molar-refractivity contribution < 1.29 is 9.53 Å². The number of esters is 1. The van der Waals surface area contributed by atoms with Crippen LogP contribution in [0.1, 0.15) is 135 Å². The highest BCUT2D eigenvalue weighted by molar-refractivity contribution is 5.72. The van der Waals surface area contributed by atoms with Crippen molar-refractivity contribution in [3.05, 3.63) is 18.2 Å². The van der Waals surface area contributed by atoms with Gasteiger partial charge in [0.25, 0.3) is 0 Å². The van der Waals surface area contributed by atoms with Crippen LogP contribution in [0.3, 0.4) is 0 Å². The van der Waals surface area contributed by atoms with E-state index in [1.165, 1.54) is 95.7 Å². The molecule has 0 aliphatic carbocycles. The van der Waals surface area contributed by atoms with E-state index in [0.29, 0.717) is 6.61 Å². The van der Waals surface area contributed by atoms with Crippen LogP contribution in [0.2, 0.25) is 0 Å². The predicted molar refractivity (Wildman–Crippen MR) is 136 cm³/mol. The fourth-order valence-corrected chi connectivity index (χ4v) is 4.39. The topological polar surface area (TPSA) is 44.1 Å². The maximum atomic E-state index is 12.7. The Labute approximate surface area is 198 Å². The highest BCUT2D eigenvalue weighted by Gasteiger charge is 2.19. The lowest BCUT2D eigenvalue weighted by Gasteiger charge is -2.16. The van der Waals surface area contributed by atoms with E-state index >= 15 is 0 Å². The van der Waals surface area contributed by atoms with Crippen molar-refractivity contribution in [1.82, 2.24) is 9.55 Å². The van der Waals surface area contributed by atoms with E-state index in [-0.39, 0.29) is 11.9 Å². The summed E-state index contributed by atoms with van der Waals surface area (Å²) in [5.74, 6) is 1.39. The lowest BCUT2D eigenvalue weighted by atomic mass is 9.94. The molecule has 0 saturated heterocycles. The van der Waals surface area contributed by atoms with Crippen molar-refractivity contribution >= 4 is 5.97 Å². The van der Waals surface area contributed by atoms with Gasteiger partial charge in [0.15, 0.2) is 0 Å². The maximum absolute atomic E-state index is 12.7. The number of aromatic nitrogens is 2. The summed E-state index contributed by atoms with van der Waals surface area (Å²) in [5.41, 5.74) is 0. The molecule has 0 aliphatic heterocycles. The molecular weight excluding hydrogens is 396 g/mol. The number of rotatable bonds is 22. The first kappa shape index (κ1) is 28.7. The molecule has 1 rings (SSSR count). The molecular formula is C28H52N2O2. The van der Waals surface area contributed by atoms with E-state index in [1.807, 2.05) is 12.4 Å². The minimum atomic E-state index is 0.0742. The molecule has 1 unspecified atom stereocenters. The molecule has 0 saturated carbocycles. The molecule has 0 spiro atoms. The predicted octanol–water partition coefficient (Wildman–Crippen LogP) is 8.18. The number of hydrogen-bond donors (Lipinski definition) is 0. The fraction of sp³-hybridized carbons (Fsp3) is 0.857. The number of hydrogen-bond acceptors (Lipinski definition) is 3. The van der Waals surface area contributed by atoms with Gasteiger partial charge >= 0.3 is 5.97 Å². The molecule has 186 valence electrons. The highest BCUT2D eigenvalue weighted by atomic mass is 16.5. The zero-order chi connectivity index (χ0) is 23.3. The van der Waals surface area contributed by atoms with Crippen LogP contribution in [-0.2, 0) is 23.0 Å². The third-order valence-electron chi connectivity index (χ3n) is 6.61. The standard InChI is InChI=1S/C28H52N2O2/c1-4-6-8-10-13-17-21-26(20-16-9-7-5-2)28(31)32-25-19-15-12-11-14-18-22-27-29-23-24-30(27)3/h23-24,26H,4-22,25H2,1-3H3. The van der Waals surface area contributed by atoms with Crippen LogP contribution >= 0.6 is 0 Å². The SMILES string of the molecule is CCCCCCCCC(CCCCCC)C(=O)OCCCCCCCCc1nccn1C. The molecule has 0 aliphatic rings. The maximum Gasteiger partial charge on any atom is 0.308 e. The van der Waals surface area contributed by atoms with Crippen LogP contribution in [0.25, 0.3) is 0 Å². The van der Waals surface area contributed by atoms with Crippen molar-refractivity contribution in [2.24, 2.45) is 13.0 Å². The van der Waals surface area contributed by atoms with Gasteiger partial charge in [-0.05, 0) is 25.7 Å². The summed E-state index contributed by atoms with van der Waals surface area (Å²) in [6.07, 6.45) is 26.8. The number of unbranched alkanes of at least 4 members (excludes halogenated alkanes) is 13. The molecule has 32 heavy (non-hydrogen) atoms. The zero-order valence-corrected chi connectivity index (χ0v) is 21.6. The Morgan fingerprint density at radius 2 is 1.34 bits per heavy atom. The average Bonchev–Trinajstić information content (AvgIpc) is 3.20. The van der Waals surface area contributed by atoms with Gasteiger partial charge in [0.05, 0.1) is 12.5 Å². The molecule has 1 aromatic rings. The molecule has 4 heteroatoms. The largest absolute Gasteiger partial charge is 0.465 e. The molecule has 0 fully saturated rings. The number of nitrogens with zero attached hydrogens (tertiary/aromatic N) is 2. The number of ether oxygens (including phenoxy) is 1. The van der Waals surface area contributed by atoms with E-state index in [2.05, 4.69) is 30.4 Å². The first-order chi connectivity index (χ1) is 15.7. The van der Waals surface area contributed by atoms with E-state index in [1.54, 1.807) is 0 Å². The quantitative estimate of drug-likeness (QED) is 0.133. The summed E-state index contributed by atoms with van der Waals surface area (Å²) < 4.78 is 7.81. The highest BCUT2D eigenvalue weighted by Crippen LogP contribution is 2.20. The summed E-state index contributed by atoms with van der Waals surface area (Å²) in [6.45, 7) is 5.10. The lowest BCUT2D eigenvalue weighted by molar-refractivity contribution is -0.149. The van der Waals surface area contributed by atoms with Crippen molar-refractivity contribution in [2.45, 2.75) is 136 Å². The van der Waals surface area contributed by atoms with E-state index < -0.39 is 0 Å². The minimum Gasteiger partial charge on any atom is -0.465 e. The van der Waals surface area contributed by atoms with Gasteiger partial charge in [0, 0.05) is 25.9 Å². The van der Waals surface area contributed by atoms with E-state index in [4.69, 9.17) is 4.74 Å². The van der Waals surface area contributed by atoms with E-state index in [9.17, 15) is 4.79 Å². The van der Waals surface area contributed by atoms with Crippen LogP contribution in [0, 0.1) is 5.92 Å². The van der Waals surface area contributed by atoms with Crippen LogP contribution < -0.4 is 0 Å². The Balaban J connectivity index is 2.10. The van der Waals surface area contributed by atoms with Crippen molar-refractivity contribution in [2.75, 3.05) is 6.61 Å². The molecule has 4 nitrogen and oxygen atoms in total. The van der Waals surface area contributed by atoms with Gasteiger partial charge in [-0.25, -0.2) is 4.98 Å². The van der Waals surface area contributed by atoms with Gasteiger partial charge < -0.3 is 9.30 Å². The summed E-state index contributed by atoms with van der Waals surface area (Å²) in [7, 11) is 2.06. The first-order valence-corrected chi connectivity index (χ1v) is 13.8. The zero-order valence-electron chi connectivity index (χ0n) is 21.6. The second-order valence-electron chi connectivity index (χ2n) is 9.60. The van der Waals surface area contributed by atoms with Gasteiger partial charge in [0.1, 0.15) is 5.82 Å². The van der Waals surface area contributed by atoms with Gasteiger partial charge in [-0.15, -0.1) is 0 Å². The number of carbonyl (C=O) groups excluding carboxylic acids is 1. The van der Waals surface area contributed by atoms with E-state index in [0.717, 1.165) is 32.1 Å². The Kier molecular flexibility index (Phi) is 18.2. The summed E-state index contributed by atoms with van der Waals surface area (Å²) in [5, 5.41) is 0. The minimum absolute atomic E-state index is 0.0742. The second kappa shape index (κ2) is 20.3. The Morgan fingerprint density at radius 3 is 1.94 bits per heavy atom. The van der Waals surface area contributed by atoms with Gasteiger partial charge in [-0.3, -0.25) is 4.79 Å². The average molecular weight is 449 g/mol. The number of aryl methyl sites for hydroxylation is 2. The monoisotopic (exact) mass is 448 g/mol. The van der Waals surface area contributed by atoms with Crippen LogP contribution in [-0.4, -0.2) is 22.1 Å². The lowest BCUT2D eigenvalue weighted by Crippen LogP contribution is -2.18. The molecule has 0 amide bonds. The first-order valence-electron chi connectivity index (χ1n) is 13.8. The van der Waals surface area contributed by atoms with Crippen LogP contribution in [0.4, 0.5) is 0 Å². The Morgan fingerprint density at radius 1 is 0.812 bits per heavy atom. The Bertz CT molecular complexity index is 555. The molecule has 1 atom stereocenters. The van der Waals surface area contributed by atoms with Crippen molar-refractivity contribution in [1.29, 1.82) is 0 Å². The summed E-state index contributed by atoms with van der Waals surface area (Å²) in [4.78, 5) is 17.0. The van der Waals surface area contributed by atoms with Crippen molar-refractivity contribution in [3.8, 4) is 0 Å². The molecule has 1 aromatic heterocycles. The second-order valence-corrected chi connectivity index (χ2v) is 9.60.